The third-order valence-electron chi connectivity index (χ3n) is 6.49. The van der Waals surface area contributed by atoms with Gasteiger partial charge in [-0.1, -0.05) is 26.0 Å². The van der Waals surface area contributed by atoms with E-state index in [4.69, 9.17) is 14.6 Å². The maximum atomic E-state index is 12.0. The van der Waals surface area contributed by atoms with Crippen LogP contribution in [0.4, 0.5) is 5.69 Å². The van der Waals surface area contributed by atoms with E-state index in [1.165, 1.54) is 0 Å². The van der Waals surface area contributed by atoms with Crippen LogP contribution in [-0.4, -0.2) is 65.4 Å². The lowest BCUT2D eigenvalue weighted by Crippen LogP contribution is -2.36. The average molecular weight is 451 g/mol. The number of hydrogen-bond donors (Lipinski definition) is 1. The number of pyridine rings is 1. The topological polar surface area (TPSA) is 89.7 Å². The normalized spacial score (nSPS) is 19.4. The van der Waals surface area contributed by atoms with Crippen LogP contribution in [0.3, 0.4) is 0 Å². The van der Waals surface area contributed by atoms with E-state index in [1.54, 1.807) is 6.07 Å². The van der Waals surface area contributed by atoms with E-state index >= 15 is 0 Å². The largest absolute Gasteiger partial charge is 0.477 e. The lowest BCUT2D eigenvalue weighted by Gasteiger charge is -2.29. The van der Waals surface area contributed by atoms with Crippen molar-refractivity contribution in [2.45, 2.75) is 38.6 Å². The van der Waals surface area contributed by atoms with Crippen LogP contribution in [0.5, 0.6) is 0 Å². The van der Waals surface area contributed by atoms with Crippen molar-refractivity contribution in [3.8, 4) is 11.1 Å². The van der Waals surface area contributed by atoms with Crippen LogP contribution in [0, 0.1) is 0 Å². The molecule has 8 heteroatoms. The highest BCUT2D eigenvalue weighted by molar-refractivity contribution is 6.00. The Hall–Kier alpha value is -2.97. The van der Waals surface area contributed by atoms with Crippen LogP contribution in [0.15, 0.2) is 30.3 Å². The first-order chi connectivity index (χ1) is 16.0. The lowest BCUT2D eigenvalue weighted by atomic mass is 9.97. The average Bonchev–Trinajstić information content (AvgIpc) is 3.25. The molecule has 8 nitrogen and oxygen atoms in total. The number of nitrogens with zero attached hydrogens (tertiary/aromatic N) is 4. The SMILES string of the molecule is CC(C)c1nn(C2CCCOC2)c2nc(C(=O)O)cc(-c3ccc(N4CCOCC4)cc3)c12. The quantitative estimate of drug-likeness (QED) is 0.626. The van der Waals surface area contributed by atoms with Gasteiger partial charge < -0.3 is 19.5 Å². The molecule has 1 atom stereocenters. The van der Waals surface area contributed by atoms with Gasteiger partial charge >= 0.3 is 5.97 Å². The summed E-state index contributed by atoms with van der Waals surface area (Å²) in [6, 6.07) is 10.1. The number of hydrogen-bond acceptors (Lipinski definition) is 6. The summed E-state index contributed by atoms with van der Waals surface area (Å²) in [6.45, 7) is 8.75. The fourth-order valence-corrected chi connectivity index (χ4v) is 4.75. The molecule has 1 unspecified atom stereocenters. The fraction of sp³-hybridized carbons (Fsp3) is 0.480. The number of carboxylic acid groups (broad SMARTS) is 1. The Morgan fingerprint density at radius 2 is 1.88 bits per heavy atom. The van der Waals surface area contributed by atoms with E-state index < -0.39 is 5.97 Å². The molecule has 0 radical (unpaired) electrons. The molecule has 2 fully saturated rings. The maximum absolute atomic E-state index is 12.0. The highest BCUT2D eigenvalue weighted by atomic mass is 16.5. The summed E-state index contributed by atoms with van der Waals surface area (Å²) < 4.78 is 13.1. The fourth-order valence-electron chi connectivity index (χ4n) is 4.75. The zero-order valence-electron chi connectivity index (χ0n) is 19.2. The second kappa shape index (κ2) is 9.11. The summed E-state index contributed by atoms with van der Waals surface area (Å²) in [5.41, 5.74) is 4.56. The summed E-state index contributed by atoms with van der Waals surface area (Å²) in [5, 5.41) is 15.7. The molecule has 0 spiro atoms. The summed E-state index contributed by atoms with van der Waals surface area (Å²) in [6.07, 6.45) is 1.90. The van der Waals surface area contributed by atoms with Crippen molar-refractivity contribution in [1.82, 2.24) is 14.8 Å². The smallest absolute Gasteiger partial charge is 0.354 e. The Morgan fingerprint density at radius 3 is 2.52 bits per heavy atom. The predicted molar refractivity (Wildman–Crippen MR) is 126 cm³/mol. The predicted octanol–water partition coefficient (Wildman–Crippen LogP) is 4.11. The van der Waals surface area contributed by atoms with Crippen molar-refractivity contribution in [1.29, 1.82) is 0 Å². The van der Waals surface area contributed by atoms with Gasteiger partial charge in [0.1, 0.15) is 0 Å². The van der Waals surface area contributed by atoms with Crippen molar-refractivity contribution >= 4 is 22.7 Å². The Kier molecular flexibility index (Phi) is 6.03. The van der Waals surface area contributed by atoms with Crippen LogP contribution in [0.1, 0.15) is 54.8 Å². The van der Waals surface area contributed by atoms with Gasteiger partial charge in [0.2, 0.25) is 0 Å². The Bertz CT molecular complexity index is 1140. The van der Waals surface area contributed by atoms with Crippen LogP contribution in [0.2, 0.25) is 0 Å². The Morgan fingerprint density at radius 1 is 1.12 bits per heavy atom. The molecule has 1 N–H and O–H groups in total. The minimum atomic E-state index is -1.04. The van der Waals surface area contributed by atoms with Gasteiger partial charge in [0, 0.05) is 25.4 Å². The van der Waals surface area contributed by atoms with Crippen molar-refractivity contribution < 1.29 is 19.4 Å². The first-order valence-corrected chi connectivity index (χ1v) is 11.7. The van der Waals surface area contributed by atoms with Gasteiger partial charge in [0.25, 0.3) is 0 Å². The van der Waals surface area contributed by atoms with Crippen LogP contribution in [0.25, 0.3) is 22.2 Å². The first kappa shape index (κ1) is 21.9. The molecule has 174 valence electrons. The number of benzene rings is 1. The molecule has 0 aliphatic carbocycles. The molecule has 0 amide bonds. The molecular formula is C25H30N4O4. The molecule has 0 saturated carbocycles. The molecule has 0 bridgehead atoms. The van der Waals surface area contributed by atoms with Crippen LogP contribution >= 0.6 is 0 Å². The molecule has 5 rings (SSSR count). The van der Waals surface area contributed by atoms with E-state index in [-0.39, 0.29) is 17.7 Å². The number of fused-ring (bicyclic) bond motifs is 1. The van der Waals surface area contributed by atoms with Gasteiger partial charge in [-0.2, -0.15) is 5.10 Å². The lowest BCUT2D eigenvalue weighted by molar-refractivity contribution is 0.0561. The van der Waals surface area contributed by atoms with E-state index in [0.29, 0.717) is 12.3 Å². The maximum Gasteiger partial charge on any atom is 0.354 e. The van der Waals surface area contributed by atoms with Gasteiger partial charge in [-0.05, 0) is 48.1 Å². The number of anilines is 1. The number of ether oxygens (including phenoxy) is 2. The number of rotatable bonds is 5. The van der Waals surface area contributed by atoms with Gasteiger partial charge in [0.05, 0.1) is 36.9 Å². The summed E-state index contributed by atoms with van der Waals surface area (Å²) in [5.74, 6) is -0.871. The third kappa shape index (κ3) is 4.20. The van der Waals surface area contributed by atoms with E-state index in [0.717, 1.165) is 73.6 Å². The first-order valence-electron chi connectivity index (χ1n) is 11.7. The molecule has 2 saturated heterocycles. The molecule has 33 heavy (non-hydrogen) atoms. The van der Waals surface area contributed by atoms with E-state index in [1.807, 2.05) is 4.68 Å². The molecule has 1 aromatic carbocycles. The minimum Gasteiger partial charge on any atom is -0.477 e. The molecule has 2 aliphatic heterocycles. The number of morpholine rings is 1. The summed E-state index contributed by atoms with van der Waals surface area (Å²) in [7, 11) is 0. The van der Waals surface area contributed by atoms with Crippen LogP contribution < -0.4 is 4.90 Å². The van der Waals surface area contributed by atoms with Crippen LogP contribution in [-0.2, 0) is 9.47 Å². The number of aromatic carboxylic acids is 1. The van der Waals surface area contributed by atoms with E-state index in [9.17, 15) is 9.90 Å². The van der Waals surface area contributed by atoms with Crippen molar-refractivity contribution in [2.75, 3.05) is 44.4 Å². The molecule has 2 aliphatic rings. The monoisotopic (exact) mass is 450 g/mol. The summed E-state index contributed by atoms with van der Waals surface area (Å²) in [4.78, 5) is 18.8. The standard InChI is InChI=1S/C25H30N4O4/c1-16(2)23-22-20(17-5-7-18(8-6-17)28-9-12-32-13-10-28)14-21(25(30)31)26-24(22)29(27-23)19-4-3-11-33-15-19/h5-8,14,16,19H,3-4,9-13,15H2,1-2H3,(H,30,31). The molecule has 2 aromatic heterocycles. The van der Waals surface area contributed by atoms with E-state index in [2.05, 4.69) is 48.0 Å². The summed E-state index contributed by atoms with van der Waals surface area (Å²) >= 11 is 0. The number of carbonyl (C=O) groups is 1. The number of aromatic nitrogens is 3. The van der Waals surface area contributed by atoms with Crippen molar-refractivity contribution in [3.05, 3.63) is 41.7 Å². The van der Waals surface area contributed by atoms with Crippen molar-refractivity contribution in [2.24, 2.45) is 0 Å². The molecular weight excluding hydrogens is 420 g/mol. The zero-order chi connectivity index (χ0) is 22.9. The Labute approximate surface area is 193 Å². The second-order valence-corrected chi connectivity index (χ2v) is 9.06. The van der Waals surface area contributed by atoms with Gasteiger partial charge in [0.15, 0.2) is 11.3 Å². The second-order valence-electron chi connectivity index (χ2n) is 9.06. The molecule has 4 heterocycles. The van der Waals surface area contributed by atoms with Gasteiger partial charge in [-0.3, -0.25) is 0 Å². The zero-order valence-corrected chi connectivity index (χ0v) is 19.2. The highest BCUT2D eigenvalue weighted by Gasteiger charge is 2.26. The highest BCUT2D eigenvalue weighted by Crippen LogP contribution is 2.37. The van der Waals surface area contributed by atoms with Gasteiger partial charge in [-0.25, -0.2) is 14.5 Å². The minimum absolute atomic E-state index is 0.0305. The third-order valence-corrected chi connectivity index (χ3v) is 6.49. The Balaban J connectivity index is 1.65. The van der Waals surface area contributed by atoms with Crippen molar-refractivity contribution in [3.63, 3.8) is 0 Å². The number of carboxylic acids is 1. The molecule has 3 aromatic rings. The van der Waals surface area contributed by atoms with Gasteiger partial charge in [-0.15, -0.1) is 0 Å².